The molecule has 3 rings (SSSR count). The minimum atomic E-state index is -0.466. The maximum atomic E-state index is 13.3. The SMILES string of the molecule is CCCCn1c(=O)n(CCOc2cccc(F)c2)c(=O)c2c1nc(CO)n2CCC. The van der Waals surface area contributed by atoms with E-state index in [1.807, 2.05) is 13.8 Å². The van der Waals surface area contributed by atoms with Gasteiger partial charge < -0.3 is 14.4 Å². The number of aliphatic hydroxyl groups excluding tert-OH is 1. The van der Waals surface area contributed by atoms with Gasteiger partial charge in [0, 0.05) is 19.2 Å². The number of aryl methyl sites for hydroxylation is 2. The molecule has 0 spiro atoms. The van der Waals surface area contributed by atoms with Gasteiger partial charge in [0.05, 0.1) is 6.54 Å². The lowest BCUT2D eigenvalue weighted by molar-refractivity contribution is 0.265. The average molecular weight is 418 g/mol. The maximum absolute atomic E-state index is 13.3. The van der Waals surface area contributed by atoms with E-state index in [1.165, 1.54) is 22.8 Å². The Bertz CT molecular complexity index is 1130. The van der Waals surface area contributed by atoms with Crippen LogP contribution in [-0.4, -0.2) is 30.4 Å². The summed E-state index contributed by atoms with van der Waals surface area (Å²) < 4.78 is 23.2. The Hall–Kier alpha value is -2.94. The van der Waals surface area contributed by atoms with Crippen molar-refractivity contribution in [2.75, 3.05) is 6.61 Å². The zero-order valence-corrected chi connectivity index (χ0v) is 17.3. The van der Waals surface area contributed by atoms with Crippen LogP contribution in [0.5, 0.6) is 5.75 Å². The van der Waals surface area contributed by atoms with E-state index in [4.69, 9.17) is 4.74 Å². The molecule has 1 N–H and O–H groups in total. The lowest BCUT2D eigenvalue weighted by Gasteiger charge is -2.13. The number of ether oxygens (including phenoxy) is 1. The molecule has 0 atom stereocenters. The molecule has 162 valence electrons. The highest BCUT2D eigenvalue weighted by molar-refractivity contribution is 5.71. The molecule has 3 aromatic rings. The van der Waals surface area contributed by atoms with Gasteiger partial charge in [-0.1, -0.05) is 26.3 Å². The largest absolute Gasteiger partial charge is 0.492 e. The fraction of sp³-hybridized carbons (Fsp3) is 0.476. The third kappa shape index (κ3) is 4.30. The molecule has 9 heteroatoms. The van der Waals surface area contributed by atoms with E-state index in [9.17, 15) is 19.1 Å². The number of unbranched alkanes of at least 4 members (excludes halogenated alkanes) is 1. The van der Waals surface area contributed by atoms with Crippen LogP contribution in [0.15, 0.2) is 33.9 Å². The van der Waals surface area contributed by atoms with Crippen molar-refractivity contribution < 1.29 is 14.2 Å². The molecule has 0 aliphatic carbocycles. The first-order chi connectivity index (χ1) is 14.5. The fourth-order valence-corrected chi connectivity index (χ4v) is 3.45. The van der Waals surface area contributed by atoms with Crippen molar-refractivity contribution in [2.45, 2.75) is 59.4 Å². The molecule has 0 unspecified atom stereocenters. The van der Waals surface area contributed by atoms with E-state index in [2.05, 4.69) is 4.98 Å². The van der Waals surface area contributed by atoms with Crippen LogP contribution in [0.2, 0.25) is 0 Å². The second-order valence-corrected chi connectivity index (χ2v) is 7.06. The normalized spacial score (nSPS) is 11.3. The van der Waals surface area contributed by atoms with Gasteiger partial charge in [-0.05, 0) is 25.0 Å². The van der Waals surface area contributed by atoms with Gasteiger partial charge in [-0.15, -0.1) is 0 Å². The van der Waals surface area contributed by atoms with Crippen molar-refractivity contribution in [2.24, 2.45) is 0 Å². The molecule has 0 amide bonds. The Balaban J connectivity index is 2.05. The van der Waals surface area contributed by atoms with Crippen LogP contribution in [-0.2, 0) is 26.2 Å². The second-order valence-electron chi connectivity index (χ2n) is 7.06. The number of hydrogen-bond acceptors (Lipinski definition) is 5. The first-order valence-electron chi connectivity index (χ1n) is 10.2. The molecule has 1 aromatic carbocycles. The number of aliphatic hydroxyl groups is 1. The minimum Gasteiger partial charge on any atom is -0.492 e. The monoisotopic (exact) mass is 418 g/mol. The highest BCUT2D eigenvalue weighted by atomic mass is 19.1. The third-order valence-electron chi connectivity index (χ3n) is 4.90. The van der Waals surface area contributed by atoms with E-state index in [0.29, 0.717) is 35.8 Å². The number of aromatic nitrogens is 4. The summed E-state index contributed by atoms with van der Waals surface area (Å²) in [5, 5.41) is 9.70. The number of rotatable bonds is 10. The van der Waals surface area contributed by atoms with Crippen LogP contribution >= 0.6 is 0 Å². The Morgan fingerprint density at radius 1 is 1.07 bits per heavy atom. The van der Waals surface area contributed by atoms with Gasteiger partial charge in [-0.25, -0.2) is 14.2 Å². The van der Waals surface area contributed by atoms with Gasteiger partial charge in [0.2, 0.25) is 0 Å². The molecular formula is C21H27FN4O4. The molecule has 30 heavy (non-hydrogen) atoms. The van der Waals surface area contributed by atoms with Crippen LogP contribution in [0.4, 0.5) is 4.39 Å². The van der Waals surface area contributed by atoms with Crippen LogP contribution in [0.25, 0.3) is 11.2 Å². The van der Waals surface area contributed by atoms with Crippen LogP contribution < -0.4 is 16.0 Å². The first-order valence-corrected chi connectivity index (χ1v) is 10.2. The molecule has 0 saturated heterocycles. The smallest absolute Gasteiger partial charge is 0.332 e. The van der Waals surface area contributed by atoms with E-state index < -0.39 is 17.1 Å². The third-order valence-corrected chi connectivity index (χ3v) is 4.90. The van der Waals surface area contributed by atoms with Crippen molar-refractivity contribution in [3.63, 3.8) is 0 Å². The molecule has 2 heterocycles. The van der Waals surface area contributed by atoms with Crippen molar-refractivity contribution in [3.8, 4) is 5.75 Å². The van der Waals surface area contributed by atoms with Crippen LogP contribution in [0.1, 0.15) is 38.9 Å². The topological polar surface area (TPSA) is 91.3 Å². The van der Waals surface area contributed by atoms with E-state index >= 15 is 0 Å². The number of hydrogen-bond donors (Lipinski definition) is 1. The van der Waals surface area contributed by atoms with Crippen LogP contribution in [0, 0.1) is 5.82 Å². The highest BCUT2D eigenvalue weighted by Crippen LogP contribution is 2.14. The van der Waals surface area contributed by atoms with E-state index in [1.54, 1.807) is 10.6 Å². The Kier molecular flexibility index (Phi) is 7.04. The first kappa shape index (κ1) is 21.8. The summed E-state index contributed by atoms with van der Waals surface area (Å²) in [5.41, 5.74) is -0.318. The number of benzene rings is 1. The molecule has 8 nitrogen and oxygen atoms in total. The lowest BCUT2D eigenvalue weighted by Crippen LogP contribution is -2.41. The zero-order chi connectivity index (χ0) is 21.7. The van der Waals surface area contributed by atoms with Gasteiger partial charge in [0.15, 0.2) is 11.2 Å². The zero-order valence-electron chi connectivity index (χ0n) is 17.3. The van der Waals surface area contributed by atoms with Gasteiger partial charge in [0.25, 0.3) is 5.56 Å². The van der Waals surface area contributed by atoms with Gasteiger partial charge in [-0.3, -0.25) is 13.9 Å². The fourth-order valence-electron chi connectivity index (χ4n) is 3.45. The summed E-state index contributed by atoms with van der Waals surface area (Å²) in [5.74, 6) is 0.268. The molecule has 0 aliphatic rings. The summed E-state index contributed by atoms with van der Waals surface area (Å²) in [6.45, 7) is 4.64. The Labute approximate surface area is 173 Å². The molecular weight excluding hydrogens is 391 g/mol. The average Bonchev–Trinajstić information content (AvgIpc) is 3.09. The van der Waals surface area contributed by atoms with Crippen molar-refractivity contribution in [3.05, 3.63) is 56.7 Å². The molecule has 0 fully saturated rings. The van der Waals surface area contributed by atoms with Gasteiger partial charge in [0.1, 0.15) is 30.6 Å². The lowest BCUT2D eigenvalue weighted by atomic mass is 10.3. The van der Waals surface area contributed by atoms with Crippen molar-refractivity contribution in [1.82, 2.24) is 18.7 Å². The predicted molar refractivity (Wildman–Crippen MR) is 111 cm³/mol. The number of fused-ring (bicyclic) bond motifs is 1. The minimum absolute atomic E-state index is 0.0159. The Morgan fingerprint density at radius 3 is 2.53 bits per heavy atom. The van der Waals surface area contributed by atoms with Gasteiger partial charge in [-0.2, -0.15) is 0 Å². The maximum Gasteiger partial charge on any atom is 0.332 e. The molecule has 0 saturated carbocycles. The number of nitrogens with zero attached hydrogens (tertiary/aromatic N) is 4. The predicted octanol–water partition coefficient (Wildman–Crippen LogP) is 2.28. The van der Waals surface area contributed by atoms with Crippen LogP contribution in [0.3, 0.4) is 0 Å². The molecule has 0 aliphatic heterocycles. The van der Waals surface area contributed by atoms with E-state index in [0.717, 1.165) is 23.8 Å². The van der Waals surface area contributed by atoms with Gasteiger partial charge >= 0.3 is 5.69 Å². The molecule has 0 radical (unpaired) electrons. The molecule has 0 bridgehead atoms. The summed E-state index contributed by atoms with van der Waals surface area (Å²) in [4.78, 5) is 30.7. The summed E-state index contributed by atoms with van der Waals surface area (Å²) in [7, 11) is 0. The standard InChI is InChI=1S/C21H27FN4O4/c1-3-5-10-25-19-18(24(9-4-2)17(14-27)23-19)20(28)26(21(25)29)11-12-30-16-8-6-7-15(22)13-16/h6-8,13,27H,3-5,9-12,14H2,1-2H3. The molecule has 2 aromatic heterocycles. The number of imidazole rings is 1. The number of halogens is 1. The summed E-state index contributed by atoms with van der Waals surface area (Å²) >= 11 is 0. The Morgan fingerprint density at radius 2 is 1.87 bits per heavy atom. The van der Waals surface area contributed by atoms with Crippen molar-refractivity contribution >= 4 is 11.2 Å². The second kappa shape index (κ2) is 9.71. The van der Waals surface area contributed by atoms with E-state index in [-0.39, 0.29) is 19.8 Å². The quantitative estimate of drug-likeness (QED) is 0.545. The van der Waals surface area contributed by atoms with Crippen molar-refractivity contribution in [1.29, 1.82) is 0 Å². The summed E-state index contributed by atoms with van der Waals surface area (Å²) in [6, 6.07) is 5.69. The summed E-state index contributed by atoms with van der Waals surface area (Å²) in [6.07, 6.45) is 2.37. The highest BCUT2D eigenvalue weighted by Gasteiger charge is 2.20.